The highest BCUT2D eigenvalue weighted by Gasteiger charge is 2.12. The van der Waals surface area contributed by atoms with Crippen molar-refractivity contribution in [1.29, 1.82) is 0 Å². The topological polar surface area (TPSA) is 62.8 Å². The summed E-state index contributed by atoms with van der Waals surface area (Å²) >= 11 is 1.40. The number of ketones is 1. The SMILES string of the molecule is CCSc1nc(C(=O)c2ccccc2)cc(=O)[nH]1. The smallest absolute Gasteiger partial charge is 0.252 e. The van der Waals surface area contributed by atoms with Gasteiger partial charge in [-0.1, -0.05) is 49.0 Å². The van der Waals surface area contributed by atoms with Crippen molar-refractivity contribution in [3.05, 3.63) is 58.0 Å². The molecule has 0 amide bonds. The van der Waals surface area contributed by atoms with Gasteiger partial charge in [0.15, 0.2) is 5.16 Å². The highest BCUT2D eigenvalue weighted by Crippen LogP contribution is 2.12. The van der Waals surface area contributed by atoms with Crippen molar-refractivity contribution in [2.45, 2.75) is 12.1 Å². The summed E-state index contributed by atoms with van der Waals surface area (Å²) in [7, 11) is 0. The Hall–Kier alpha value is -1.88. The van der Waals surface area contributed by atoms with Crippen LogP contribution in [0.5, 0.6) is 0 Å². The minimum atomic E-state index is -0.305. The van der Waals surface area contributed by atoms with Crippen molar-refractivity contribution in [2.75, 3.05) is 5.75 Å². The Balaban J connectivity index is 2.39. The molecule has 1 aromatic carbocycles. The largest absolute Gasteiger partial charge is 0.301 e. The summed E-state index contributed by atoms with van der Waals surface area (Å²) in [6.07, 6.45) is 0. The van der Waals surface area contributed by atoms with Crippen molar-refractivity contribution < 1.29 is 4.79 Å². The molecule has 1 aromatic heterocycles. The Morgan fingerprint density at radius 1 is 1.33 bits per heavy atom. The molecular formula is C13H12N2O2S. The Morgan fingerprint density at radius 3 is 2.72 bits per heavy atom. The van der Waals surface area contributed by atoms with E-state index < -0.39 is 0 Å². The van der Waals surface area contributed by atoms with Crippen LogP contribution in [0.2, 0.25) is 0 Å². The highest BCUT2D eigenvalue weighted by molar-refractivity contribution is 7.99. The number of aromatic amines is 1. The van der Waals surface area contributed by atoms with E-state index in [1.807, 2.05) is 13.0 Å². The summed E-state index contributed by atoms with van der Waals surface area (Å²) in [6.45, 7) is 1.95. The molecule has 0 aliphatic rings. The number of aromatic nitrogens is 2. The summed E-state index contributed by atoms with van der Waals surface area (Å²) in [4.78, 5) is 30.3. The standard InChI is InChI=1S/C13H12N2O2S/c1-2-18-13-14-10(8-11(16)15-13)12(17)9-6-4-3-5-7-9/h3-8H,2H2,1H3,(H,14,15,16). The van der Waals surface area contributed by atoms with Crippen LogP contribution in [-0.2, 0) is 0 Å². The summed E-state index contributed by atoms with van der Waals surface area (Å²) < 4.78 is 0. The normalized spacial score (nSPS) is 10.3. The van der Waals surface area contributed by atoms with Gasteiger partial charge in [0.25, 0.3) is 5.56 Å². The molecule has 0 saturated heterocycles. The minimum Gasteiger partial charge on any atom is -0.301 e. The van der Waals surface area contributed by atoms with Crippen LogP contribution in [0.3, 0.4) is 0 Å². The third kappa shape index (κ3) is 2.87. The molecule has 92 valence electrons. The maximum absolute atomic E-state index is 12.1. The van der Waals surface area contributed by atoms with Gasteiger partial charge in [-0.15, -0.1) is 0 Å². The molecule has 0 saturated carbocycles. The van der Waals surface area contributed by atoms with E-state index in [0.29, 0.717) is 10.7 Å². The second-order valence-electron chi connectivity index (χ2n) is 3.56. The van der Waals surface area contributed by atoms with Crippen LogP contribution in [0, 0.1) is 0 Å². The fourth-order valence-corrected chi connectivity index (χ4v) is 2.10. The molecule has 1 heterocycles. The molecular weight excluding hydrogens is 248 g/mol. The fraction of sp³-hybridized carbons (Fsp3) is 0.154. The van der Waals surface area contributed by atoms with Gasteiger partial charge in [-0.25, -0.2) is 4.98 Å². The predicted octanol–water partition coefficient (Wildman–Crippen LogP) is 2.11. The van der Waals surface area contributed by atoms with Gasteiger partial charge in [-0.2, -0.15) is 0 Å². The van der Waals surface area contributed by atoms with Crippen LogP contribution in [0.25, 0.3) is 0 Å². The quantitative estimate of drug-likeness (QED) is 0.519. The van der Waals surface area contributed by atoms with Crippen LogP contribution >= 0.6 is 11.8 Å². The number of benzene rings is 1. The van der Waals surface area contributed by atoms with E-state index in [0.717, 1.165) is 5.75 Å². The third-order valence-electron chi connectivity index (χ3n) is 2.27. The third-order valence-corrected chi connectivity index (χ3v) is 3.03. The van der Waals surface area contributed by atoms with Gasteiger partial charge in [-0.05, 0) is 5.75 Å². The Kier molecular flexibility index (Phi) is 3.94. The zero-order valence-electron chi connectivity index (χ0n) is 9.84. The molecule has 0 radical (unpaired) electrons. The molecule has 0 unspecified atom stereocenters. The van der Waals surface area contributed by atoms with E-state index in [2.05, 4.69) is 9.97 Å². The maximum Gasteiger partial charge on any atom is 0.252 e. The van der Waals surface area contributed by atoms with E-state index >= 15 is 0 Å². The fourth-order valence-electron chi connectivity index (χ4n) is 1.49. The molecule has 1 N–H and O–H groups in total. The first kappa shape index (κ1) is 12.6. The van der Waals surface area contributed by atoms with Gasteiger partial charge in [0.2, 0.25) is 5.78 Å². The lowest BCUT2D eigenvalue weighted by Gasteiger charge is -2.02. The molecule has 4 nitrogen and oxygen atoms in total. The Morgan fingerprint density at radius 2 is 2.06 bits per heavy atom. The summed E-state index contributed by atoms with van der Waals surface area (Å²) in [5, 5.41) is 0.476. The lowest BCUT2D eigenvalue weighted by Crippen LogP contribution is -2.14. The van der Waals surface area contributed by atoms with E-state index in [1.54, 1.807) is 24.3 Å². The molecule has 2 aromatic rings. The maximum atomic E-state index is 12.1. The molecule has 2 rings (SSSR count). The van der Waals surface area contributed by atoms with E-state index in [9.17, 15) is 9.59 Å². The second-order valence-corrected chi connectivity index (χ2v) is 4.82. The van der Waals surface area contributed by atoms with Gasteiger partial charge in [-0.3, -0.25) is 9.59 Å². The number of carbonyl (C=O) groups is 1. The number of carbonyl (C=O) groups excluding carboxylic acids is 1. The van der Waals surface area contributed by atoms with Crippen molar-refractivity contribution in [2.24, 2.45) is 0 Å². The molecule has 5 heteroatoms. The lowest BCUT2D eigenvalue weighted by molar-refractivity contribution is 0.103. The lowest BCUT2D eigenvalue weighted by atomic mass is 10.1. The van der Waals surface area contributed by atoms with Crippen LogP contribution in [0.15, 0.2) is 46.3 Å². The molecule has 0 spiro atoms. The van der Waals surface area contributed by atoms with Crippen molar-refractivity contribution in [3.63, 3.8) is 0 Å². The predicted molar refractivity (Wildman–Crippen MR) is 71.1 cm³/mol. The van der Waals surface area contributed by atoms with E-state index in [4.69, 9.17) is 0 Å². The number of hydrogen-bond donors (Lipinski definition) is 1. The first-order chi connectivity index (χ1) is 8.70. The molecule has 0 aliphatic carbocycles. The summed E-state index contributed by atoms with van der Waals surface area (Å²) in [6, 6.07) is 10.0. The zero-order chi connectivity index (χ0) is 13.0. The van der Waals surface area contributed by atoms with Gasteiger partial charge >= 0.3 is 0 Å². The van der Waals surface area contributed by atoms with Crippen LogP contribution in [0.1, 0.15) is 23.0 Å². The molecule has 0 atom stereocenters. The number of nitrogens with one attached hydrogen (secondary N) is 1. The van der Waals surface area contributed by atoms with Crippen molar-refractivity contribution in [1.82, 2.24) is 9.97 Å². The van der Waals surface area contributed by atoms with Gasteiger partial charge in [0.1, 0.15) is 5.69 Å². The van der Waals surface area contributed by atoms with Crippen molar-refractivity contribution >= 4 is 17.5 Å². The average molecular weight is 260 g/mol. The van der Waals surface area contributed by atoms with Crippen LogP contribution in [-0.4, -0.2) is 21.5 Å². The number of nitrogens with zero attached hydrogens (tertiary/aromatic N) is 1. The van der Waals surface area contributed by atoms with E-state index in [1.165, 1.54) is 17.8 Å². The zero-order valence-corrected chi connectivity index (χ0v) is 10.7. The van der Waals surface area contributed by atoms with Crippen molar-refractivity contribution in [3.8, 4) is 0 Å². The highest BCUT2D eigenvalue weighted by atomic mass is 32.2. The summed E-state index contributed by atoms with van der Waals surface area (Å²) in [5.74, 6) is 0.547. The minimum absolute atomic E-state index is 0.181. The number of hydrogen-bond acceptors (Lipinski definition) is 4. The van der Waals surface area contributed by atoms with Gasteiger partial charge in [0, 0.05) is 11.6 Å². The molecule has 0 aliphatic heterocycles. The van der Waals surface area contributed by atoms with Gasteiger partial charge in [0.05, 0.1) is 0 Å². The number of thioether (sulfide) groups is 1. The monoisotopic (exact) mass is 260 g/mol. The summed E-state index contributed by atoms with van der Waals surface area (Å²) in [5.41, 5.74) is 0.407. The number of H-pyrrole nitrogens is 1. The Labute approximate surface area is 108 Å². The van der Waals surface area contributed by atoms with Crippen LogP contribution < -0.4 is 5.56 Å². The Bertz CT molecular complexity index is 608. The first-order valence-electron chi connectivity index (χ1n) is 5.54. The van der Waals surface area contributed by atoms with Gasteiger partial charge < -0.3 is 4.98 Å². The molecule has 0 fully saturated rings. The molecule has 0 bridgehead atoms. The van der Waals surface area contributed by atoms with Crippen LogP contribution in [0.4, 0.5) is 0 Å². The average Bonchev–Trinajstić information content (AvgIpc) is 2.38. The number of rotatable bonds is 4. The molecule has 18 heavy (non-hydrogen) atoms. The second kappa shape index (κ2) is 5.64. The first-order valence-corrected chi connectivity index (χ1v) is 6.53. The van der Waals surface area contributed by atoms with E-state index in [-0.39, 0.29) is 17.0 Å².